The van der Waals surface area contributed by atoms with Crippen molar-refractivity contribution in [3.63, 3.8) is 0 Å². The number of hydrogen-bond donors (Lipinski definition) is 1. The molecule has 2 atom stereocenters. The number of nitrogens with zero attached hydrogens (tertiary/aromatic N) is 1. The summed E-state index contributed by atoms with van der Waals surface area (Å²) in [7, 11) is 5.94. The second-order valence-corrected chi connectivity index (χ2v) is 25.5. The molecule has 0 spiro atoms. The van der Waals surface area contributed by atoms with E-state index >= 15 is 0 Å². The van der Waals surface area contributed by atoms with E-state index in [1.807, 2.05) is 21.1 Å². The predicted molar refractivity (Wildman–Crippen MR) is 436 cm³/mol. The molecule has 0 saturated carbocycles. The van der Waals surface area contributed by atoms with Gasteiger partial charge in [0, 0.05) is 12.8 Å². The number of aliphatic carboxylic acids is 1. The zero-order chi connectivity index (χ0) is 73.2. The van der Waals surface area contributed by atoms with Crippen LogP contribution in [0.5, 0.6) is 0 Å². The van der Waals surface area contributed by atoms with Gasteiger partial charge in [-0.3, -0.25) is 9.59 Å². The number of ether oxygens (including phenoxy) is 4. The van der Waals surface area contributed by atoms with E-state index in [-0.39, 0.29) is 32.7 Å². The van der Waals surface area contributed by atoms with Crippen LogP contribution < -0.4 is 0 Å². The van der Waals surface area contributed by atoms with Gasteiger partial charge in [-0.2, -0.15) is 0 Å². The topological polar surface area (TPSA) is 108 Å². The van der Waals surface area contributed by atoms with E-state index in [2.05, 4.69) is 281 Å². The molecular weight excluding hydrogens is 1250 g/mol. The van der Waals surface area contributed by atoms with E-state index in [0.29, 0.717) is 23.9 Å². The highest BCUT2D eigenvalue weighted by molar-refractivity contribution is 5.71. The minimum absolute atomic E-state index is 0.162. The van der Waals surface area contributed by atoms with Crippen molar-refractivity contribution in [3.8, 4) is 0 Å². The summed E-state index contributed by atoms with van der Waals surface area (Å²) in [5.41, 5.74) is 0. The van der Waals surface area contributed by atoms with Crippen LogP contribution in [-0.4, -0.2) is 87.4 Å². The van der Waals surface area contributed by atoms with E-state index < -0.39 is 30.3 Å². The van der Waals surface area contributed by atoms with E-state index in [1.165, 1.54) is 0 Å². The van der Waals surface area contributed by atoms with Crippen LogP contribution in [0, 0.1) is 0 Å². The van der Waals surface area contributed by atoms with Gasteiger partial charge in [0.1, 0.15) is 13.2 Å². The number of carbonyl (C=O) groups excluding carboxylic acids is 2. The number of esters is 2. The molecule has 0 aromatic rings. The maximum absolute atomic E-state index is 13.0. The fraction of sp³-hybridized carbons (Fsp3) is 0.489. The maximum Gasteiger partial charge on any atom is 0.361 e. The second kappa shape index (κ2) is 78.3. The number of carboxylic acids is 1. The number of quaternary nitrogens is 1. The Morgan fingerprint density at radius 1 is 0.297 bits per heavy atom. The summed E-state index contributed by atoms with van der Waals surface area (Å²) in [6, 6.07) is 0. The van der Waals surface area contributed by atoms with Crippen LogP contribution >= 0.6 is 0 Å². The highest BCUT2D eigenvalue weighted by atomic mass is 16.7. The standard InChI is InChI=1S/C92H137NO8/c1-6-8-10-12-14-16-18-20-22-24-26-28-30-32-34-36-38-40-42-44-45-47-49-51-53-55-57-59-61-63-65-67-69-71-73-75-77-79-81-83-90(95)101-88(87-100-92(91(96)97)98-85-84-93(3,4)5)86-99-89(94)82-80-78-76-74-72-70-68-66-64-62-60-58-56-54-52-50-48-46-43-41-39-37-35-33-31-29-27-25-23-21-19-17-15-13-11-9-7-2/h8-11,14-17,20-23,26-29,32-35,38-41,44-46,48-49,51-52,54-55,57-58,60-61,63-64,66-67,69-70,72,88,92H,6-7,12-13,18-19,24-25,30-31,36-37,42-43,47,50,53,56,59,62,65,68,71,73-87H2,1-5H3/p+1/b10-8-,11-9-,16-14-,17-15-,22-20-,23-21-,28-26-,29-27-,34-32-,35-33-,40-38-,41-39-,45-44-,48-46-,51-49-,54-52-,57-55-,60-58-,63-61-,66-64-,69-67-,72-70-. The van der Waals surface area contributed by atoms with Crippen LogP contribution in [0.2, 0.25) is 0 Å². The zero-order valence-electron chi connectivity index (χ0n) is 63.7. The quantitative estimate of drug-likeness (QED) is 0.0211. The van der Waals surface area contributed by atoms with Crippen molar-refractivity contribution in [2.45, 2.75) is 245 Å². The molecule has 0 fully saturated rings. The number of hydrogen-bond acceptors (Lipinski definition) is 7. The van der Waals surface area contributed by atoms with Crippen molar-refractivity contribution in [3.05, 3.63) is 267 Å². The average molecular weight is 1390 g/mol. The highest BCUT2D eigenvalue weighted by Gasteiger charge is 2.25. The minimum atomic E-state index is -1.54. The Hall–Kier alpha value is -7.43. The largest absolute Gasteiger partial charge is 0.477 e. The fourth-order valence-electron chi connectivity index (χ4n) is 9.20. The first-order valence-electron chi connectivity index (χ1n) is 38.5. The summed E-state index contributed by atoms with van der Waals surface area (Å²) in [6.45, 7) is 4.54. The lowest BCUT2D eigenvalue weighted by atomic mass is 10.1. The Morgan fingerprint density at radius 3 is 0.802 bits per heavy atom. The molecule has 2 unspecified atom stereocenters. The normalized spacial score (nSPS) is 14.2. The fourth-order valence-corrected chi connectivity index (χ4v) is 9.20. The van der Waals surface area contributed by atoms with Crippen LogP contribution in [0.25, 0.3) is 0 Å². The van der Waals surface area contributed by atoms with Crippen LogP contribution in [0.4, 0.5) is 0 Å². The summed E-state index contributed by atoms with van der Waals surface area (Å²) in [4.78, 5) is 37.7. The van der Waals surface area contributed by atoms with Crippen molar-refractivity contribution >= 4 is 17.9 Å². The number of likely N-dealkylation sites (N-methyl/N-ethyl adjacent to an activating group) is 1. The van der Waals surface area contributed by atoms with Gasteiger partial charge >= 0.3 is 17.9 Å². The van der Waals surface area contributed by atoms with Crippen LogP contribution in [0.1, 0.15) is 232 Å². The van der Waals surface area contributed by atoms with Gasteiger partial charge < -0.3 is 28.5 Å². The Labute approximate surface area is 616 Å². The summed E-state index contributed by atoms with van der Waals surface area (Å²) in [5, 5.41) is 9.76. The first kappa shape index (κ1) is 93.6. The minimum Gasteiger partial charge on any atom is -0.477 e. The molecule has 1 N–H and O–H groups in total. The van der Waals surface area contributed by atoms with Crippen molar-refractivity contribution in [2.75, 3.05) is 47.5 Å². The molecule has 0 aromatic heterocycles. The molecule has 0 aliphatic heterocycles. The average Bonchev–Trinajstić information content (AvgIpc) is 1.21. The first-order valence-corrected chi connectivity index (χ1v) is 38.5. The molecule has 0 aliphatic rings. The lowest BCUT2D eigenvalue weighted by Gasteiger charge is -2.25. The smallest absolute Gasteiger partial charge is 0.361 e. The SMILES string of the molecule is CC/C=C\C/C=C\C/C=C\C/C=C\C/C=C\C/C=C\C/C=C\C/C=C\C/C=C\C/C=C\C/C=C\CCCCCCCC(=O)OC(COC(=O)CCCCC/C=C\C/C=C\C/C=C\C/C=C\C/C=C\C/C=C\C/C=C\C/C=C\C/C=C\C/C=C\C/C=C\CC)COC(OCC[N+](C)(C)C)C(=O)O. The maximum atomic E-state index is 13.0. The number of allylic oxidation sites excluding steroid dienone is 44. The molecule has 558 valence electrons. The Bertz CT molecular complexity index is 2670. The third-order valence-corrected chi connectivity index (χ3v) is 15.0. The lowest BCUT2D eigenvalue weighted by Crippen LogP contribution is -2.40. The molecule has 0 aromatic carbocycles. The summed E-state index contributed by atoms with van der Waals surface area (Å²) >= 11 is 0. The van der Waals surface area contributed by atoms with Crippen LogP contribution in [0.15, 0.2) is 267 Å². The number of rotatable bonds is 67. The Morgan fingerprint density at radius 2 is 0.535 bits per heavy atom. The molecule has 0 rings (SSSR count). The zero-order valence-corrected chi connectivity index (χ0v) is 63.7. The van der Waals surface area contributed by atoms with Crippen molar-refractivity contribution in [1.29, 1.82) is 0 Å². The number of unbranched alkanes of at least 4 members (excludes halogenated alkanes) is 8. The molecule has 0 radical (unpaired) electrons. The third-order valence-electron chi connectivity index (χ3n) is 15.0. The molecule has 101 heavy (non-hydrogen) atoms. The van der Waals surface area contributed by atoms with E-state index in [4.69, 9.17) is 18.9 Å². The molecular formula is C92H138NO8+. The lowest BCUT2D eigenvalue weighted by molar-refractivity contribution is -0.870. The first-order chi connectivity index (χ1) is 49.6. The van der Waals surface area contributed by atoms with Gasteiger partial charge in [-0.05, 0) is 180 Å². The number of carbonyl (C=O) groups is 3. The third kappa shape index (κ3) is 79.8. The molecule has 0 saturated heterocycles. The van der Waals surface area contributed by atoms with Crippen LogP contribution in [-0.2, 0) is 33.3 Å². The van der Waals surface area contributed by atoms with Gasteiger partial charge in [0.15, 0.2) is 6.10 Å². The highest BCUT2D eigenvalue weighted by Crippen LogP contribution is 2.13. The summed E-state index contributed by atoms with van der Waals surface area (Å²) in [5.74, 6) is -2.11. The van der Waals surface area contributed by atoms with E-state index in [0.717, 1.165) is 193 Å². The second-order valence-electron chi connectivity index (χ2n) is 25.5. The van der Waals surface area contributed by atoms with E-state index in [1.54, 1.807) is 0 Å². The van der Waals surface area contributed by atoms with Gasteiger partial charge in [-0.25, -0.2) is 4.79 Å². The molecule has 0 amide bonds. The molecule has 0 aliphatic carbocycles. The Kier molecular flexibility index (Phi) is 72.5. The van der Waals surface area contributed by atoms with E-state index in [9.17, 15) is 19.5 Å². The molecule has 9 heteroatoms. The van der Waals surface area contributed by atoms with Gasteiger partial charge in [0.05, 0.1) is 34.4 Å². The summed E-state index contributed by atoms with van der Waals surface area (Å²) < 4.78 is 22.9. The van der Waals surface area contributed by atoms with Crippen molar-refractivity contribution < 1.29 is 42.9 Å². The van der Waals surface area contributed by atoms with Crippen molar-refractivity contribution in [2.24, 2.45) is 0 Å². The monoisotopic (exact) mass is 1390 g/mol. The molecule has 0 heterocycles. The summed E-state index contributed by atoms with van der Waals surface area (Å²) in [6.07, 6.45) is 126. The predicted octanol–water partition coefficient (Wildman–Crippen LogP) is 25.1. The number of carboxylic acid groups (broad SMARTS) is 1. The van der Waals surface area contributed by atoms with Gasteiger partial charge in [0.25, 0.3) is 6.29 Å². The van der Waals surface area contributed by atoms with Crippen molar-refractivity contribution in [1.82, 2.24) is 0 Å². The van der Waals surface area contributed by atoms with Gasteiger partial charge in [-0.15, -0.1) is 0 Å². The molecule has 9 nitrogen and oxygen atoms in total. The Balaban J connectivity index is 4.31. The van der Waals surface area contributed by atoms with Gasteiger partial charge in [-0.1, -0.05) is 307 Å². The van der Waals surface area contributed by atoms with Gasteiger partial charge in [0.2, 0.25) is 0 Å². The van der Waals surface area contributed by atoms with Crippen LogP contribution in [0.3, 0.4) is 0 Å². The molecule has 0 bridgehead atoms.